The average Bonchev–Trinajstić information content (AvgIpc) is 2.62. The minimum absolute atomic E-state index is 0.0843. The van der Waals surface area contributed by atoms with Gasteiger partial charge in [0.25, 0.3) is 11.8 Å². The summed E-state index contributed by atoms with van der Waals surface area (Å²) in [5, 5.41) is 12.4. The zero-order chi connectivity index (χ0) is 19.7. The topological polar surface area (TPSA) is 78.9 Å². The van der Waals surface area contributed by atoms with E-state index in [2.05, 4.69) is 5.32 Å². The van der Waals surface area contributed by atoms with Crippen molar-refractivity contribution in [2.24, 2.45) is 0 Å². The van der Waals surface area contributed by atoms with Crippen LogP contribution in [0.1, 0.15) is 5.56 Å². The first-order chi connectivity index (χ1) is 12.8. The van der Waals surface area contributed by atoms with Crippen molar-refractivity contribution in [3.63, 3.8) is 0 Å². The summed E-state index contributed by atoms with van der Waals surface area (Å²) in [6.07, 6.45) is 1.19. The molecular formula is C18H12ClFN2O4S. The number of rotatable bonds is 3. The van der Waals surface area contributed by atoms with Crippen LogP contribution in [0.5, 0.6) is 11.5 Å². The zero-order valence-electron chi connectivity index (χ0n) is 13.8. The van der Waals surface area contributed by atoms with Gasteiger partial charge in [-0.15, -0.1) is 0 Å². The minimum atomic E-state index is -0.949. The minimum Gasteiger partial charge on any atom is -0.502 e. The van der Waals surface area contributed by atoms with Crippen LogP contribution in [-0.2, 0) is 9.59 Å². The molecule has 0 saturated carbocycles. The van der Waals surface area contributed by atoms with Gasteiger partial charge in [0.05, 0.1) is 12.8 Å². The molecule has 0 aliphatic carbocycles. The molecule has 0 bridgehead atoms. The van der Waals surface area contributed by atoms with Gasteiger partial charge in [-0.25, -0.2) is 4.39 Å². The number of ether oxygens (including phenoxy) is 1. The molecule has 2 N–H and O–H groups in total. The molecule has 2 aromatic carbocycles. The molecule has 1 aliphatic heterocycles. The molecule has 0 radical (unpaired) electrons. The number of thiocarbonyl (C=S) groups is 1. The molecule has 1 saturated heterocycles. The summed E-state index contributed by atoms with van der Waals surface area (Å²) in [6, 6.07) is 8.58. The molecule has 1 heterocycles. The Morgan fingerprint density at radius 1 is 1.26 bits per heavy atom. The molecule has 2 amide bonds. The van der Waals surface area contributed by atoms with Crippen LogP contribution in [0.15, 0.2) is 42.0 Å². The van der Waals surface area contributed by atoms with E-state index in [1.807, 2.05) is 0 Å². The smallest absolute Gasteiger partial charge is 0.270 e. The highest BCUT2D eigenvalue weighted by atomic mass is 35.5. The van der Waals surface area contributed by atoms with Crippen molar-refractivity contribution in [2.75, 3.05) is 12.0 Å². The van der Waals surface area contributed by atoms with Crippen molar-refractivity contribution in [3.05, 3.63) is 58.4 Å². The number of methoxy groups -OCH3 is 1. The Labute approximate surface area is 163 Å². The first kappa shape index (κ1) is 18.8. The second-order valence-corrected chi connectivity index (χ2v) is 6.31. The Morgan fingerprint density at radius 2 is 1.93 bits per heavy atom. The van der Waals surface area contributed by atoms with Crippen LogP contribution < -0.4 is 15.0 Å². The van der Waals surface area contributed by atoms with Crippen molar-refractivity contribution >= 4 is 52.5 Å². The highest BCUT2D eigenvalue weighted by molar-refractivity contribution is 7.80. The molecule has 6 nitrogen and oxygen atoms in total. The number of nitrogens with one attached hydrogen (secondary N) is 1. The first-order valence-electron chi connectivity index (χ1n) is 7.55. The van der Waals surface area contributed by atoms with Gasteiger partial charge < -0.3 is 9.84 Å². The van der Waals surface area contributed by atoms with Crippen LogP contribution >= 0.6 is 23.8 Å². The van der Waals surface area contributed by atoms with Crippen molar-refractivity contribution in [3.8, 4) is 11.5 Å². The van der Waals surface area contributed by atoms with E-state index in [1.54, 1.807) is 24.3 Å². The van der Waals surface area contributed by atoms with E-state index in [4.69, 9.17) is 28.6 Å². The summed E-state index contributed by atoms with van der Waals surface area (Å²) in [4.78, 5) is 26.2. The van der Waals surface area contributed by atoms with Crippen molar-refractivity contribution in [1.82, 2.24) is 5.32 Å². The maximum absolute atomic E-state index is 13.8. The Balaban J connectivity index is 2.04. The molecule has 1 aliphatic rings. The largest absolute Gasteiger partial charge is 0.502 e. The standard InChI is InChI=1S/C18H12ClFN2O4S/c1-26-14-8-9(7-13(20)15(14)23)6-12-16(24)21-18(27)22(17(12)25)11-4-2-10(19)3-5-11/h2-8,23H,1H3,(H,21,24,27)/b12-6+. The molecule has 3 rings (SSSR count). The van der Waals surface area contributed by atoms with Gasteiger partial charge in [0, 0.05) is 5.02 Å². The Hall–Kier alpha value is -2.97. The van der Waals surface area contributed by atoms with E-state index < -0.39 is 23.4 Å². The Kier molecular flexibility index (Phi) is 5.11. The molecule has 0 aromatic heterocycles. The average molecular weight is 407 g/mol. The zero-order valence-corrected chi connectivity index (χ0v) is 15.4. The monoisotopic (exact) mass is 406 g/mol. The van der Waals surface area contributed by atoms with Crippen LogP contribution in [0.2, 0.25) is 5.02 Å². The van der Waals surface area contributed by atoms with Crippen LogP contribution in [0.4, 0.5) is 10.1 Å². The number of halogens is 2. The predicted octanol–water partition coefficient (Wildman–Crippen LogP) is 3.02. The van der Waals surface area contributed by atoms with Crippen LogP contribution in [0.3, 0.4) is 0 Å². The van der Waals surface area contributed by atoms with Crippen molar-refractivity contribution in [1.29, 1.82) is 0 Å². The van der Waals surface area contributed by atoms with E-state index in [-0.39, 0.29) is 22.0 Å². The molecule has 138 valence electrons. The summed E-state index contributed by atoms with van der Waals surface area (Å²) in [6.45, 7) is 0. The number of aromatic hydroxyl groups is 1. The number of anilines is 1. The third-order valence-corrected chi connectivity index (χ3v) is 4.30. The second-order valence-electron chi connectivity index (χ2n) is 5.49. The number of phenolic OH excluding ortho intramolecular Hbond substituents is 1. The molecule has 0 unspecified atom stereocenters. The highest BCUT2D eigenvalue weighted by Gasteiger charge is 2.34. The lowest BCUT2D eigenvalue weighted by Gasteiger charge is -2.29. The summed E-state index contributed by atoms with van der Waals surface area (Å²) in [7, 11) is 1.25. The molecule has 0 spiro atoms. The Morgan fingerprint density at radius 3 is 2.56 bits per heavy atom. The Bertz CT molecular complexity index is 992. The van der Waals surface area contributed by atoms with E-state index in [1.165, 1.54) is 19.3 Å². The molecule has 0 atom stereocenters. The number of hydrogen-bond donors (Lipinski definition) is 2. The lowest BCUT2D eigenvalue weighted by molar-refractivity contribution is -0.122. The van der Waals surface area contributed by atoms with Crippen LogP contribution in [0, 0.1) is 5.82 Å². The van der Waals surface area contributed by atoms with E-state index in [0.29, 0.717) is 10.7 Å². The van der Waals surface area contributed by atoms with Gasteiger partial charge >= 0.3 is 0 Å². The van der Waals surface area contributed by atoms with E-state index in [0.717, 1.165) is 11.0 Å². The lowest BCUT2D eigenvalue weighted by atomic mass is 10.1. The lowest BCUT2D eigenvalue weighted by Crippen LogP contribution is -2.54. The van der Waals surface area contributed by atoms with Crippen LogP contribution in [-0.4, -0.2) is 29.1 Å². The number of carbonyl (C=O) groups is 2. The number of hydrogen-bond acceptors (Lipinski definition) is 5. The summed E-state index contributed by atoms with van der Waals surface area (Å²) < 4.78 is 18.7. The predicted molar refractivity (Wildman–Crippen MR) is 102 cm³/mol. The summed E-state index contributed by atoms with van der Waals surface area (Å²) in [5.41, 5.74) is 0.310. The third-order valence-electron chi connectivity index (χ3n) is 3.77. The molecular weight excluding hydrogens is 395 g/mol. The SMILES string of the molecule is COc1cc(/C=C2\C(=O)NC(=S)N(c3ccc(Cl)cc3)C2=O)cc(F)c1O. The normalized spacial score (nSPS) is 15.9. The summed E-state index contributed by atoms with van der Waals surface area (Å²) >= 11 is 10.9. The van der Waals surface area contributed by atoms with E-state index >= 15 is 0 Å². The number of amides is 2. The number of phenols is 1. The van der Waals surface area contributed by atoms with Gasteiger partial charge in [-0.1, -0.05) is 11.6 Å². The van der Waals surface area contributed by atoms with Gasteiger partial charge in [0.15, 0.2) is 22.4 Å². The molecule has 27 heavy (non-hydrogen) atoms. The fourth-order valence-electron chi connectivity index (χ4n) is 2.48. The van der Waals surface area contributed by atoms with Gasteiger partial charge in [-0.2, -0.15) is 0 Å². The number of nitrogens with zero attached hydrogens (tertiary/aromatic N) is 1. The van der Waals surface area contributed by atoms with Gasteiger partial charge in [0.2, 0.25) is 0 Å². The van der Waals surface area contributed by atoms with Crippen LogP contribution in [0.25, 0.3) is 6.08 Å². The maximum atomic E-state index is 13.8. The third kappa shape index (κ3) is 3.62. The van der Waals surface area contributed by atoms with Gasteiger partial charge in [-0.3, -0.25) is 19.8 Å². The fourth-order valence-corrected chi connectivity index (χ4v) is 2.89. The quantitative estimate of drug-likeness (QED) is 0.465. The van der Waals surface area contributed by atoms with E-state index in [9.17, 15) is 19.1 Å². The fraction of sp³-hybridized carbons (Fsp3) is 0.0556. The maximum Gasteiger partial charge on any atom is 0.270 e. The second kappa shape index (κ2) is 7.34. The van der Waals surface area contributed by atoms with Gasteiger partial charge in [0.1, 0.15) is 5.57 Å². The number of benzene rings is 2. The highest BCUT2D eigenvalue weighted by Crippen LogP contribution is 2.31. The van der Waals surface area contributed by atoms with Crippen molar-refractivity contribution < 1.29 is 23.8 Å². The molecule has 2 aromatic rings. The summed E-state index contributed by atoms with van der Waals surface area (Å²) in [5.74, 6) is -3.14. The van der Waals surface area contributed by atoms with Crippen molar-refractivity contribution in [2.45, 2.75) is 0 Å². The number of carbonyl (C=O) groups excluding carboxylic acids is 2. The molecule has 9 heteroatoms. The van der Waals surface area contributed by atoms with Gasteiger partial charge in [-0.05, 0) is 60.3 Å². The first-order valence-corrected chi connectivity index (χ1v) is 8.34. The molecule has 1 fully saturated rings.